The van der Waals surface area contributed by atoms with E-state index in [2.05, 4.69) is 18.7 Å². The van der Waals surface area contributed by atoms with Crippen LogP contribution in [0.2, 0.25) is 0 Å². The standard InChI is InChI=1S/C23H32N2O4/c1-14(2)11-25-22(26)20(17-7-8-18(28-5)19(10-17)29-6)21(23(25)27)24-12-15(3)9-16(4)13-24/h7-8,10,14-16H,9,11-13H2,1-6H3. The lowest BCUT2D eigenvalue weighted by atomic mass is 9.91. The third kappa shape index (κ3) is 4.11. The third-order valence-corrected chi connectivity index (χ3v) is 5.55. The average molecular weight is 401 g/mol. The molecule has 0 saturated carbocycles. The number of nitrogens with zero attached hydrogens (tertiary/aromatic N) is 2. The maximum atomic E-state index is 13.4. The summed E-state index contributed by atoms with van der Waals surface area (Å²) in [6, 6.07) is 5.40. The average Bonchev–Trinajstić information content (AvgIpc) is 2.91. The number of rotatable bonds is 6. The lowest BCUT2D eigenvalue weighted by Gasteiger charge is -2.37. The van der Waals surface area contributed by atoms with Crippen molar-refractivity contribution in [3.63, 3.8) is 0 Å². The zero-order valence-corrected chi connectivity index (χ0v) is 18.3. The second-order valence-electron chi connectivity index (χ2n) is 8.76. The number of methoxy groups -OCH3 is 2. The summed E-state index contributed by atoms with van der Waals surface area (Å²) < 4.78 is 10.8. The van der Waals surface area contributed by atoms with Crippen LogP contribution in [0.4, 0.5) is 0 Å². The molecule has 1 saturated heterocycles. The molecule has 0 bridgehead atoms. The van der Waals surface area contributed by atoms with Crippen molar-refractivity contribution in [2.24, 2.45) is 17.8 Å². The minimum absolute atomic E-state index is 0.185. The van der Waals surface area contributed by atoms with E-state index in [1.165, 1.54) is 4.90 Å². The van der Waals surface area contributed by atoms with E-state index in [4.69, 9.17) is 9.47 Å². The van der Waals surface area contributed by atoms with Gasteiger partial charge in [-0.3, -0.25) is 14.5 Å². The molecule has 29 heavy (non-hydrogen) atoms. The summed E-state index contributed by atoms with van der Waals surface area (Å²) in [4.78, 5) is 30.3. The van der Waals surface area contributed by atoms with Gasteiger partial charge >= 0.3 is 0 Å². The van der Waals surface area contributed by atoms with Gasteiger partial charge < -0.3 is 14.4 Å². The Kier molecular flexibility index (Phi) is 6.20. The smallest absolute Gasteiger partial charge is 0.277 e. The fraction of sp³-hybridized carbons (Fsp3) is 0.565. The molecule has 2 unspecified atom stereocenters. The lowest BCUT2D eigenvalue weighted by molar-refractivity contribution is -0.138. The molecule has 0 aliphatic carbocycles. The van der Waals surface area contributed by atoms with Crippen molar-refractivity contribution in [3.05, 3.63) is 29.5 Å². The van der Waals surface area contributed by atoms with E-state index in [0.29, 0.717) is 46.7 Å². The monoisotopic (exact) mass is 400 g/mol. The van der Waals surface area contributed by atoms with Crippen molar-refractivity contribution < 1.29 is 19.1 Å². The fourth-order valence-corrected chi connectivity index (χ4v) is 4.49. The highest BCUT2D eigenvalue weighted by Crippen LogP contribution is 2.38. The normalized spacial score (nSPS) is 22.7. The Labute approximate surface area is 173 Å². The largest absolute Gasteiger partial charge is 0.493 e. The highest BCUT2D eigenvalue weighted by molar-refractivity contribution is 6.35. The molecule has 158 valence electrons. The van der Waals surface area contributed by atoms with Crippen LogP contribution < -0.4 is 9.47 Å². The second-order valence-corrected chi connectivity index (χ2v) is 8.76. The molecule has 0 aromatic heterocycles. The Morgan fingerprint density at radius 1 is 1.00 bits per heavy atom. The number of likely N-dealkylation sites (tertiary alicyclic amines) is 1. The lowest BCUT2D eigenvalue weighted by Crippen LogP contribution is -2.42. The van der Waals surface area contributed by atoms with E-state index in [1.54, 1.807) is 26.4 Å². The second kappa shape index (κ2) is 8.47. The van der Waals surface area contributed by atoms with Crippen LogP contribution in [0, 0.1) is 17.8 Å². The minimum atomic E-state index is -0.225. The molecule has 0 radical (unpaired) electrons. The van der Waals surface area contributed by atoms with Crippen LogP contribution in [0.1, 0.15) is 39.7 Å². The molecule has 2 amide bonds. The number of ether oxygens (including phenoxy) is 2. The summed E-state index contributed by atoms with van der Waals surface area (Å²) in [6.07, 6.45) is 1.13. The van der Waals surface area contributed by atoms with Crippen LogP contribution in [-0.2, 0) is 9.59 Å². The first-order valence-electron chi connectivity index (χ1n) is 10.3. The number of amides is 2. The number of hydrogen-bond acceptors (Lipinski definition) is 5. The van der Waals surface area contributed by atoms with E-state index in [-0.39, 0.29) is 17.7 Å². The Morgan fingerprint density at radius 3 is 2.17 bits per heavy atom. The first-order chi connectivity index (χ1) is 13.8. The topological polar surface area (TPSA) is 59.1 Å². The van der Waals surface area contributed by atoms with Gasteiger partial charge in [0, 0.05) is 19.6 Å². The van der Waals surface area contributed by atoms with Crippen molar-refractivity contribution in [2.45, 2.75) is 34.1 Å². The van der Waals surface area contributed by atoms with Gasteiger partial charge in [-0.25, -0.2) is 0 Å². The molecular weight excluding hydrogens is 368 g/mol. The van der Waals surface area contributed by atoms with Gasteiger partial charge in [0.25, 0.3) is 11.8 Å². The van der Waals surface area contributed by atoms with Gasteiger partial charge in [-0.15, -0.1) is 0 Å². The Balaban J connectivity index is 2.12. The van der Waals surface area contributed by atoms with Gasteiger partial charge in [0.1, 0.15) is 5.70 Å². The molecule has 1 aromatic rings. The summed E-state index contributed by atoms with van der Waals surface area (Å²) in [5.41, 5.74) is 1.69. The van der Waals surface area contributed by atoms with E-state index >= 15 is 0 Å². The van der Waals surface area contributed by atoms with Crippen molar-refractivity contribution in [3.8, 4) is 11.5 Å². The third-order valence-electron chi connectivity index (χ3n) is 5.55. The molecule has 1 fully saturated rings. The number of carbonyl (C=O) groups excluding carboxylic acids is 2. The molecule has 2 aliphatic heterocycles. The van der Waals surface area contributed by atoms with Gasteiger partial charge in [0.2, 0.25) is 0 Å². The van der Waals surface area contributed by atoms with Gasteiger partial charge in [-0.05, 0) is 41.9 Å². The van der Waals surface area contributed by atoms with Crippen LogP contribution in [0.3, 0.4) is 0 Å². The van der Waals surface area contributed by atoms with Gasteiger partial charge in [-0.2, -0.15) is 0 Å². The highest BCUT2D eigenvalue weighted by Gasteiger charge is 2.43. The molecule has 0 spiro atoms. The first kappa shape index (κ1) is 21.2. The van der Waals surface area contributed by atoms with Gasteiger partial charge in [0.15, 0.2) is 11.5 Å². The van der Waals surface area contributed by atoms with Gasteiger partial charge in [-0.1, -0.05) is 33.8 Å². The Morgan fingerprint density at radius 2 is 1.62 bits per heavy atom. The maximum absolute atomic E-state index is 13.4. The van der Waals surface area contributed by atoms with E-state index in [9.17, 15) is 9.59 Å². The van der Waals surface area contributed by atoms with Gasteiger partial charge in [0.05, 0.1) is 19.8 Å². The molecule has 2 heterocycles. The predicted molar refractivity (Wildman–Crippen MR) is 113 cm³/mol. The summed E-state index contributed by atoms with van der Waals surface area (Å²) >= 11 is 0. The van der Waals surface area contributed by atoms with Crippen LogP contribution in [-0.4, -0.2) is 55.5 Å². The van der Waals surface area contributed by atoms with Crippen molar-refractivity contribution in [1.82, 2.24) is 9.80 Å². The summed E-state index contributed by atoms with van der Waals surface area (Å²) in [5, 5.41) is 0. The minimum Gasteiger partial charge on any atom is -0.493 e. The summed E-state index contributed by atoms with van der Waals surface area (Å²) in [6.45, 7) is 10.4. The number of benzene rings is 1. The van der Waals surface area contributed by atoms with Crippen LogP contribution in [0.5, 0.6) is 11.5 Å². The van der Waals surface area contributed by atoms with Crippen LogP contribution >= 0.6 is 0 Å². The Bertz CT molecular complexity index is 820. The SMILES string of the molecule is COc1ccc(C2=C(N3CC(C)CC(C)C3)C(=O)N(CC(C)C)C2=O)cc1OC. The van der Waals surface area contributed by atoms with E-state index < -0.39 is 0 Å². The number of carbonyl (C=O) groups is 2. The van der Waals surface area contributed by atoms with Crippen LogP contribution in [0.25, 0.3) is 5.57 Å². The van der Waals surface area contributed by atoms with Crippen LogP contribution in [0.15, 0.2) is 23.9 Å². The first-order valence-corrected chi connectivity index (χ1v) is 10.3. The van der Waals surface area contributed by atoms with Crippen molar-refractivity contribution in [1.29, 1.82) is 0 Å². The molecule has 0 N–H and O–H groups in total. The number of hydrogen-bond donors (Lipinski definition) is 0. The summed E-state index contributed by atoms with van der Waals surface area (Å²) in [5.74, 6) is 1.87. The summed E-state index contributed by atoms with van der Waals surface area (Å²) in [7, 11) is 3.14. The number of piperidine rings is 1. The fourth-order valence-electron chi connectivity index (χ4n) is 4.49. The molecule has 1 aromatic carbocycles. The quantitative estimate of drug-likeness (QED) is 0.685. The Hall–Kier alpha value is -2.50. The predicted octanol–water partition coefficient (Wildman–Crippen LogP) is 3.42. The maximum Gasteiger partial charge on any atom is 0.277 e. The molecule has 2 aliphatic rings. The highest BCUT2D eigenvalue weighted by atomic mass is 16.5. The van der Waals surface area contributed by atoms with E-state index in [0.717, 1.165) is 19.5 Å². The molecule has 6 nitrogen and oxygen atoms in total. The number of imide groups is 1. The van der Waals surface area contributed by atoms with E-state index in [1.807, 2.05) is 19.9 Å². The molecular formula is C23H32N2O4. The molecule has 2 atom stereocenters. The van der Waals surface area contributed by atoms with Crippen molar-refractivity contribution in [2.75, 3.05) is 33.9 Å². The molecule has 3 rings (SSSR count). The molecule has 6 heteroatoms. The zero-order chi connectivity index (χ0) is 21.3. The van der Waals surface area contributed by atoms with Crippen molar-refractivity contribution >= 4 is 17.4 Å². The zero-order valence-electron chi connectivity index (χ0n) is 18.3.